The first-order valence-corrected chi connectivity index (χ1v) is 7.83. The molecule has 4 heteroatoms. The highest BCUT2D eigenvalue weighted by molar-refractivity contribution is 5.74. The van der Waals surface area contributed by atoms with Gasteiger partial charge >= 0.3 is 6.03 Å². The SMILES string of the molecule is CC(NC(=O)N1CCC(CO)C1)C1CC2CCC1C2. The van der Waals surface area contributed by atoms with Crippen LogP contribution in [0.1, 0.15) is 39.0 Å². The third kappa shape index (κ3) is 2.60. The van der Waals surface area contributed by atoms with Crippen molar-refractivity contribution in [3.05, 3.63) is 0 Å². The minimum absolute atomic E-state index is 0.0752. The maximum absolute atomic E-state index is 12.2. The van der Waals surface area contributed by atoms with E-state index in [9.17, 15) is 4.79 Å². The molecule has 3 aliphatic rings. The summed E-state index contributed by atoms with van der Waals surface area (Å²) in [6.07, 6.45) is 6.41. The fourth-order valence-electron chi connectivity index (χ4n) is 4.47. The lowest BCUT2D eigenvalue weighted by atomic mass is 9.84. The number of amides is 2. The van der Waals surface area contributed by atoms with Crippen molar-refractivity contribution in [3.8, 4) is 0 Å². The van der Waals surface area contributed by atoms with E-state index in [-0.39, 0.29) is 18.6 Å². The lowest BCUT2D eigenvalue weighted by Gasteiger charge is -2.30. The van der Waals surface area contributed by atoms with Gasteiger partial charge in [-0.2, -0.15) is 0 Å². The van der Waals surface area contributed by atoms with Crippen LogP contribution >= 0.6 is 0 Å². The van der Waals surface area contributed by atoms with E-state index in [4.69, 9.17) is 5.11 Å². The van der Waals surface area contributed by atoms with Crippen molar-refractivity contribution in [1.82, 2.24) is 10.2 Å². The van der Waals surface area contributed by atoms with Crippen LogP contribution in [0.4, 0.5) is 4.79 Å². The molecule has 0 spiro atoms. The van der Waals surface area contributed by atoms with Crippen LogP contribution in [-0.2, 0) is 0 Å². The smallest absolute Gasteiger partial charge is 0.317 e. The summed E-state index contributed by atoms with van der Waals surface area (Å²) in [5, 5.41) is 12.3. The molecule has 0 aromatic rings. The Labute approximate surface area is 115 Å². The van der Waals surface area contributed by atoms with E-state index < -0.39 is 0 Å². The number of fused-ring (bicyclic) bond motifs is 2. The van der Waals surface area contributed by atoms with Crippen molar-refractivity contribution in [1.29, 1.82) is 0 Å². The number of hydrogen-bond donors (Lipinski definition) is 2. The van der Waals surface area contributed by atoms with Crippen LogP contribution in [0.5, 0.6) is 0 Å². The Morgan fingerprint density at radius 3 is 2.79 bits per heavy atom. The first kappa shape index (κ1) is 13.2. The number of likely N-dealkylation sites (tertiary alicyclic amines) is 1. The number of aliphatic hydroxyl groups is 1. The Balaban J connectivity index is 1.49. The predicted octanol–water partition coefficient (Wildman–Crippen LogP) is 1.83. The van der Waals surface area contributed by atoms with E-state index in [1.165, 1.54) is 25.7 Å². The Morgan fingerprint density at radius 2 is 2.21 bits per heavy atom. The normalized spacial score (nSPS) is 38.7. The van der Waals surface area contributed by atoms with Gasteiger partial charge in [0, 0.05) is 31.7 Å². The highest BCUT2D eigenvalue weighted by Crippen LogP contribution is 2.49. The molecule has 1 saturated heterocycles. The molecule has 2 aliphatic carbocycles. The minimum atomic E-state index is 0.0752. The predicted molar refractivity (Wildman–Crippen MR) is 73.7 cm³/mol. The number of aliphatic hydroxyl groups excluding tert-OH is 1. The summed E-state index contributed by atoms with van der Waals surface area (Å²) < 4.78 is 0. The largest absolute Gasteiger partial charge is 0.396 e. The number of rotatable bonds is 3. The fourth-order valence-corrected chi connectivity index (χ4v) is 4.47. The molecule has 108 valence electrons. The maximum atomic E-state index is 12.2. The molecule has 0 aromatic heterocycles. The Morgan fingerprint density at radius 1 is 1.37 bits per heavy atom. The number of nitrogens with one attached hydrogen (secondary N) is 1. The summed E-state index contributed by atoms with van der Waals surface area (Å²) in [5.41, 5.74) is 0. The summed E-state index contributed by atoms with van der Waals surface area (Å²) in [5.74, 6) is 2.76. The highest BCUT2D eigenvalue weighted by Gasteiger charge is 2.42. The van der Waals surface area contributed by atoms with Gasteiger partial charge in [0.1, 0.15) is 0 Å². The quantitative estimate of drug-likeness (QED) is 0.819. The van der Waals surface area contributed by atoms with Gasteiger partial charge < -0.3 is 15.3 Å². The van der Waals surface area contributed by atoms with Crippen LogP contribution in [0, 0.1) is 23.7 Å². The van der Waals surface area contributed by atoms with Crippen LogP contribution in [0.25, 0.3) is 0 Å². The zero-order chi connectivity index (χ0) is 13.4. The van der Waals surface area contributed by atoms with Crippen molar-refractivity contribution in [2.75, 3.05) is 19.7 Å². The van der Waals surface area contributed by atoms with E-state index in [1.54, 1.807) is 0 Å². The molecule has 2 saturated carbocycles. The lowest BCUT2D eigenvalue weighted by molar-refractivity contribution is 0.185. The van der Waals surface area contributed by atoms with Gasteiger partial charge in [0.05, 0.1) is 0 Å². The van der Waals surface area contributed by atoms with Crippen molar-refractivity contribution in [3.63, 3.8) is 0 Å². The molecule has 2 N–H and O–H groups in total. The Kier molecular flexibility index (Phi) is 3.70. The van der Waals surface area contributed by atoms with E-state index in [1.807, 2.05) is 4.90 Å². The van der Waals surface area contributed by atoms with Crippen molar-refractivity contribution in [2.45, 2.75) is 45.1 Å². The number of nitrogens with zero attached hydrogens (tertiary/aromatic N) is 1. The molecule has 19 heavy (non-hydrogen) atoms. The molecule has 5 atom stereocenters. The topological polar surface area (TPSA) is 52.6 Å². The zero-order valence-electron chi connectivity index (χ0n) is 11.8. The molecule has 1 heterocycles. The maximum Gasteiger partial charge on any atom is 0.317 e. The van der Waals surface area contributed by atoms with Crippen molar-refractivity contribution >= 4 is 6.03 Å². The zero-order valence-corrected chi connectivity index (χ0v) is 11.8. The van der Waals surface area contributed by atoms with Gasteiger partial charge in [0.2, 0.25) is 0 Å². The highest BCUT2D eigenvalue weighted by atomic mass is 16.3. The number of hydrogen-bond acceptors (Lipinski definition) is 2. The second-order valence-electron chi connectivity index (χ2n) is 6.86. The van der Waals surface area contributed by atoms with Crippen LogP contribution in [-0.4, -0.2) is 41.8 Å². The summed E-state index contributed by atoms with van der Waals surface area (Å²) in [4.78, 5) is 14.1. The monoisotopic (exact) mass is 266 g/mol. The average molecular weight is 266 g/mol. The van der Waals surface area contributed by atoms with E-state index >= 15 is 0 Å². The third-order valence-electron chi connectivity index (χ3n) is 5.62. The fraction of sp³-hybridized carbons (Fsp3) is 0.933. The van der Waals surface area contributed by atoms with Crippen LogP contribution < -0.4 is 5.32 Å². The minimum Gasteiger partial charge on any atom is -0.396 e. The van der Waals surface area contributed by atoms with Crippen molar-refractivity contribution in [2.24, 2.45) is 23.7 Å². The summed E-state index contributed by atoms with van der Waals surface area (Å²) in [6.45, 7) is 3.88. The van der Waals surface area contributed by atoms with E-state index in [0.717, 1.165) is 24.8 Å². The first-order valence-electron chi connectivity index (χ1n) is 7.83. The molecule has 2 bridgehead atoms. The van der Waals surface area contributed by atoms with E-state index in [0.29, 0.717) is 18.5 Å². The molecular weight excluding hydrogens is 240 g/mol. The first-order chi connectivity index (χ1) is 9.17. The molecule has 0 aromatic carbocycles. The van der Waals surface area contributed by atoms with Gasteiger partial charge in [-0.25, -0.2) is 4.79 Å². The summed E-state index contributed by atoms with van der Waals surface area (Å²) in [6, 6.07) is 0.377. The molecular formula is C15H26N2O2. The Bertz CT molecular complexity index is 347. The number of carbonyl (C=O) groups is 1. The number of urea groups is 1. The molecule has 3 fully saturated rings. The molecule has 0 radical (unpaired) electrons. The van der Waals surface area contributed by atoms with Gasteiger partial charge in [-0.05, 0) is 50.4 Å². The van der Waals surface area contributed by atoms with Gasteiger partial charge in [-0.3, -0.25) is 0 Å². The standard InChI is InChI=1S/C15H26N2O2/c1-10(14-7-11-2-3-13(14)6-11)16-15(19)17-5-4-12(8-17)9-18/h10-14,18H,2-9H2,1H3,(H,16,19). The average Bonchev–Trinajstić information content (AvgIpc) is 3.13. The lowest BCUT2D eigenvalue weighted by Crippen LogP contribution is -2.46. The summed E-state index contributed by atoms with van der Waals surface area (Å²) in [7, 11) is 0. The van der Waals surface area contributed by atoms with E-state index in [2.05, 4.69) is 12.2 Å². The summed E-state index contributed by atoms with van der Waals surface area (Å²) >= 11 is 0. The molecule has 4 nitrogen and oxygen atoms in total. The van der Waals surface area contributed by atoms with Gasteiger partial charge in [-0.15, -0.1) is 0 Å². The second-order valence-corrected chi connectivity index (χ2v) is 6.86. The second kappa shape index (κ2) is 5.31. The van der Waals surface area contributed by atoms with Crippen LogP contribution in [0.2, 0.25) is 0 Å². The van der Waals surface area contributed by atoms with Crippen LogP contribution in [0.15, 0.2) is 0 Å². The van der Waals surface area contributed by atoms with Crippen LogP contribution in [0.3, 0.4) is 0 Å². The third-order valence-corrected chi connectivity index (χ3v) is 5.62. The molecule has 3 rings (SSSR count). The molecule has 1 aliphatic heterocycles. The Hall–Kier alpha value is -0.770. The van der Waals surface area contributed by atoms with Gasteiger partial charge in [0.25, 0.3) is 0 Å². The van der Waals surface area contributed by atoms with Gasteiger partial charge in [0.15, 0.2) is 0 Å². The molecule has 5 unspecified atom stereocenters. The molecule has 2 amide bonds. The van der Waals surface area contributed by atoms with Crippen molar-refractivity contribution < 1.29 is 9.90 Å². The number of carbonyl (C=O) groups excluding carboxylic acids is 1. The van der Waals surface area contributed by atoms with Gasteiger partial charge in [-0.1, -0.05) is 6.42 Å².